The molecular weight excluding hydrogens is 276 g/mol. The van der Waals surface area contributed by atoms with Gasteiger partial charge in [-0.1, -0.05) is 18.2 Å². The highest BCUT2D eigenvalue weighted by Crippen LogP contribution is 2.11. The highest BCUT2D eigenvalue weighted by atomic mass is 32.1. The Bertz CT molecular complexity index is 579. The molecule has 0 saturated heterocycles. The lowest BCUT2D eigenvalue weighted by atomic mass is 10.2. The summed E-state index contributed by atoms with van der Waals surface area (Å²) in [6, 6.07) is 10.8. The number of amides is 2. The molecule has 0 atom stereocenters. The maximum atomic E-state index is 11.8. The molecule has 0 saturated carbocycles. The molecule has 1 aromatic heterocycles. The fraction of sp³-hybridized carbons (Fsp3) is 0.143. The van der Waals surface area contributed by atoms with Crippen molar-refractivity contribution in [3.8, 4) is 0 Å². The maximum absolute atomic E-state index is 11.8. The van der Waals surface area contributed by atoms with E-state index in [4.69, 9.17) is 0 Å². The van der Waals surface area contributed by atoms with Crippen LogP contribution in [0.2, 0.25) is 0 Å². The number of ether oxygens (including phenoxy) is 1. The average Bonchev–Trinajstić information content (AvgIpc) is 3.00. The molecule has 0 spiro atoms. The summed E-state index contributed by atoms with van der Waals surface area (Å²) in [5.74, 6) is -0.0863. The first kappa shape index (κ1) is 14.1. The number of carbonyl (C=O) groups excluding carboxylic acids is 2. The molecule has 0 bridgehead atoms. The van der Waals surface area contributed by atoms with Gasteiger partial charge in [-0.25, -0.2) is 4.79 Å². The molecule has 2 N–H and O–H groups in total. The van der Waals surface area contributed by atoms with E-state index in [1.54, 1.807) is 18.2 Å². The second-order valence-corrected chi connectivity index (χ2v) is 4.92. The van der Waals surface area contributed by atoms with Crippen LogP contribution in [0.5, 0.6) is 0 Å². The molecule has 5 nitrogen and oxygen atoms in total. The highest BCUT2D eigenvalue weighted by molar-refractivity contribution is 7.12. The van der Waals surface area contributed by atoms with E-state index in [9.17, 15) is 9.59 Å². The topological polar surface area (TPSA) is 67.4 Å². The SMILES string of the molecule is COC(=O)Nc1ccc(CNC(=O)c2cccs2)cc1. The van der Waals surface area contributed by atoms with Gasteiger partial charge in [0.2, 0.25) is 0 Å². The molecule has 0 radical (unpaired) electrons. The van der Waals surface area contributed by atoms with Gasteiger partial charge in [0, 0.05) is 12.2 Å². The lowest BCUT2D eigenvalue weighted by Crippen LogP contribution is -2.21. The van der Waals surface area contributed by atoms with E-state index in [1.165, 1.54) is 18.4 Å². The Balaban J connectivity index is 1.88. The highest BCUT2D eigenvalue weighted by Gasteiger charge is 2.06. The number of rotatable bonds is 4. The van der Waals surface area contributed by atoms with Crippen LogP contribution in [0.25, 0.3) is 0 Å². The minimum atomic E-state index is -0.510. The normalized spacial score (nSPS) is 9.85. The minimum Gasteiger partial charge on any atom is -0.453 e. The summed E-state index contributed by atoms with van der Waals surface area (Å²) in [7, 11) is 1.31. The predicted octanol–water partition coefficient (Wildman–Crippen LogP) is 2.86. The van der Waals surface area contributed by atoms with E-state index in [1.807, 2.05) is 23.6 Å². The Labute approximate surface area is 120 Å². The molecule has 1 aromatic carbocycles. The Kier molecular flexibility index (Phi) is 4.73. The second-order valence-electron chi connectivity index (χ2n) is 3.97. The fourth-order valence-electron chi connectivity index (χ4n) is 1.55. The van der Waals surface area contributed by atoms with Crippen molar-refractivity contribution in [3.63, 3.8) is 0 Å². The van der Waals surface area contributed by atoms with Crippen LogP contribution >= 0.6 is 11.3 Å². The molecule has 1 heterocycles. The van der Waals surface area contributed by atoms with Gasteiger partial charge in [-0.3, -0.25) is 10.1 Å². The molecule has 0 fully saturated rings. The summed E-state index contributed by atoms with van der Waals surface area (Å²) < 4.78 is 4.50. The molecule has 2 aromatic rings. The van der Waals surface area contributed by atoms with Gasteiger partial charge in [-0.15, -0.1) is 11.3 Å². The maximum Gasteiger partial charge on any atom is 0.411 e. The minimum absolute atomic E-state index is 0.0863. The van der Waals surface area contributed by atoms with Crippen LogP contribution in [0.4, 0.5) is 10.5 Å². The van der Waals surface area contributed by atoms with Gasteiger partial charge in [0.25, 0.3) is 5.91 Å². The Hall–Kier alpha value is -2.34. The number of hydrogen-bond acceptors (Lipinski definition) is 4. The number of thiophene rings is 1. The monoisotopic (exact) mass is 290 g/mol. The van der Waals surface area contributed by atoms with Crippen molar-refractivity contribution in [2.75, 3.05) is 12.4 Å². The summed E-state index contributed by atoms with van der Waals surface area (Å²) in [5, 5.41) is 7.25. The molecule has 20 heavy (non-hydrogen) atoms. The van der Waals surface area contributed by atoms with Gasteiger partial charge in [-0.05, 0) is 29.1 Å². The van der Waals surface area contributed by atoms with Gasteiger partial charge in [0.1, 0.15) is 0 Å². The summed E-state index contributed by atoms with van der Waals surface area (Å²) in [4.78, 5) is 23.5. The molecule has 0 aliphatic heterocycles. The Morgan fingerprint density at radius 3 is 2.55 bits per heavy atom. The molecule has 2 amide bonds. The zero-order chi connectivity index (χ0) is 14.4. The second kappa shape index (κ2) is 6.72. The number of benzene rings is 1. The smallest absolute Gasteiger partial charge is 0.411 e. The molecular formula is C14H14N2O3S. The van der Waals surface area contributed by atoms with Crippen LogP contribution in [0.15, 0.2) is 41.8 Å². The van der Waals surface area contributed by atoms with Gasteiger partial charge in [0.15, 0.2) is 0 Å². The van der Waals surface area contributed by atoms with E-state index >= 15 is 0 Å². The zero-order valence-corrected chi connectivity index (χ0v) is 11.7. The standard InChI is InChI=1S/C14H14N2O3S/c1-19-14(18)16-11-6-4-10(5-7-11)9-15-13(17)12-3-2-8-20-12/h2-8H,9H2,1H3,(H,15,17)(H,16,18). The van der Waals surface area contributed by atoms with Crippen molar-refractivity contribution in [1.29, 1.82) is 0 Å². The number of anilines is 1. The first-order valence-corrected chi connectivity index (χ1v) is 6.82. The average molecular weight is 290 g/mol. The Morgan fingerprint density at radius 2 is 1.95 bits per heavy atom. The number of methoxy groups -OCH3 is 1. The molecule has 6 heteroatoms. The largest absolute Gasteiger partial charge is 0.453 e. The summed E-state index contributed by atoms with van der Waals surface area (Å²) in [5.41, 5.74) is 1.59. The van der Waals surface area contributed by atoms with Gasteiger partial charge >= 0.3 is 6.09 Å². The molecule has 0 aliphatic carbocycles. The van der Waals surface area contributed by atoms with E-state index in [2.05, 4.69) is 15.4 Å². The molecule has 2 rings (SSSR count). The van der Waals surface area contributed by atoms with E-state index in [0.717, 1.165) is 5.56 Å². The number of hydrogen-bond donors (Lipinski definition) is 2. The summed E-state index contributed by atoms with van der Waals surface area (Å²) in [6.07, 6.45) is -0.510. The van der Waals surface area contributed by atoms with Crippen LogP contribution in [0.3, 0.4) is 0 Å². The first-order valence-electron chi connectivity index (χ1n) is 5.94. The van der Waals surface area contributed by atoms with Crippen molar-refractivity contribution in [2.24, 2.45) is 0 Å². The molecule has 104 valence electrons. The van der Waals surface area contributed by atoms with Crippen molar-refractivity contribution in [3.05, 3.63) is 52.2 Å². The van der Waals surface area contributed by atoms with E-state index in [0.29, 0.717) is 17.1 Å². The van der Waals surface area contributed by atoms with Crippen LogP contribution in [-0.2, 0) is 11.3 Å². The predicted molar refractivity (Wildman–Crippen MR) is 78.0 cm³/mol. The van der Waals surface area contributed by atoms with Crippen molar-refractivity contribution >= 4 is 29.0 Å². The zero-order valence-electron chi connectivity index (χ0n) is 10.9. The fourth-order valence-corrected chi connectivity index (χ4v) is 2.19. The van der Waals surface area contributed by atoms with E-state index in [-0.39, 0.29) is 5.91 Å². The van der Waals surface area contributed by atoms with Gasteiger partial charge in [-0.2, -0.15) is 0 Å². The Morgan fingerprint density at radius 1 is 1.20 bits per heavy atom. The van der Waals surface area contributed by atoms with Crippen LogP contribution in [-0.4, -0.2) is 19.1 Å². The third-order valence-corrected chi connectivity index (χ3v) is 3.45. The summed E-state index contributed by atoms with van der Waals surface area (Å²) in [6.45, 7) is 0.440. The number of nitrogens with one attached hydrogen (secondary N) is 2. The summed E-state index contributed by atoms with van der Waals surface area (Å²) >= 11 is 1.40. The molecule has 0 unspecified atom stereocenters. The van der Waals surface area contributed by atoms with Crippen LogP contribution in [0.1, 0.15) is 15.2 Å². The third kappa shape index (κ3) is 3.83. The van der Waals surface area contributed by atoms with Gasteiger partial charge < -0.3 is 10.1 Å². The molecule has 0 aliphatic rings. The van der Waals surface area contributed by atoms with Crippen molar-refractivity contribution in [1.82, 2.24) is 5.32 Å². The lowest BCUT2D eigenvalue weighted by molar-refractivity contribution is 0.0955. The van der Waals surface area contributed by atoms with Crippen molar-refractivity contribution in [2.45, 2.75) is 6.54 Å². The first-order chi connectivity index (χ1) is 9.69. The number of carbonyl (C=O) groups is 2. The van der Waals surface area contributed by atoms with Crippen molar-refractivity contribution < 1.29 is 14.3 Å². The van der Waals surface area contributed by atoms with E-state index < -0.39 is 6.09 Å². The quantitative estimate of drug-likeness (QED) is 0.910. The third-order valence-electron chi connectivity index (χ3n) is 2.58. The van der Waals surface area contributed by atoms with Gasteiger partial charge in [0.05, 0.1) is 12.0 Å². The van der Waals surface area contributed by atoms with Crippen LogP contribution < -0.4 is 10.6 Å². The lowest BCUT2D eigenvalue weighted by Gasteiger charge is -2.06. The van der Waals surface area contributed by atoms with Crippen LogP contribution in [0, 0.1) is 0 Å².